The van der Waals surface area contributed by atoms with Crippen molar-refractivity contribution in [1.82, 2.24) is 0 Å². The van der Waals surface area contributed by atoms with Gasteiger partial charge in [-0.3, -0.25) is 4.21 Å². The van der Waals surface area contributed by atoms with Gasteiger partial charge in [0.2, 0.25) is 0 Å². The number of benzene rings is 1. The van der Waals surface area contributed by atoms with E-state index < -0.39 is 10.8 Å². The smallest absolute Gasteiger partial charge is 0.0889 e. The average Bonchev–Trinajstić information content (AvgIpc) is 2.19. The van der Waals surface area contributed by atoms with E-state index >= 15 is 0 Å². The molecule has 1 heterocycles. The fourth-order valence-corrected chi connectivity index (χ4v) is 2.70. The van der Waals surface area contributed by atoms with Crippen LogP contribution >= 0.6 is 0 Å². The Morgan fingerprint density at radius 1 is 1.38 bits per heavy atom. The molecular formula is C9H9NO2S. The first-order valence-electron chi connectivity index (χ1n) is 4.01. The van der Waals surface area contributed by atoms with Gasteiger partial charge in [0, 0.05) is 22.6 Å². The van der Waals surface area contributed by atoms with Gasteiger partial charge in [0.15, 0.2) is 0 Å². The maximum Gasteiger partial charge on any atom is 0.0889 e. The van der Waals surface area contributed by atoms with E-state index in [0.29, 0.717) is 17.9 Å². The Labute approximate surface area is 78.5 Å². The number of hydrogen-bond acceptors (Lipinski definition) is 3. The van der Waals surface area contributed by atoms with E-state index in [9.17, 15) is 4.21 Å². The van der Waals surface area contributed by atoms with Crippen LogP contribution in [0.25, 0.3) is 0 Å². The predicted molar refractivity (Wildman–Crippen MR) is 50.7 cm³/mol. The third-order valence-corrected chi connectivity index (χ3v) is 3.51. The normalized spacial score (nSPS) is 24.3. The van der Waals surface area contributed by atoms with E-state index in [1.807, 2.05) is 24.3 Å². The van der Waals surface area contributed by atoms with Gasteiger partial charge < -0.3 is 5.21 Å². The molecule has 0 aromatic heterocycles. The van der Waals surface area contributed by atoms with Crippen LogP contribution in [0.15, 0.2) is 34.3 Å². The van der Waals surface area contributed by atoms with E-state index in [4.69, 9.17) is 5.21 Å². The number of oxime groups is 1. The highest BCUT2D eigenvalue weighted by atomic mass is 32.2. The molecule has 1 unspecified atom stereocenters. The van der Waals surface area contributed by atoms with Gasteiger partial charge >= 0.3 is 0 Å². The highest BCUT2D eigenvalue weighted by Gasteiger charge is 2.20. The Kier molecular flexibility index (Phi) is 2.14. The van der Waals surface area contributed by atoms with Crippen LogP contribution in [0, 0.1) is 0 Å². The zero-order chi connectivity index (χ0) is 9.26. The van der Waals surface area contributed by atoms with Gasteiger partial charge in [-0.15, -0.1) is 0 Å². The first-order chi connectivity index (χ1) is 6.33. The van der Waals surface area contributed by atoms with E-state index in [-0.39, 0.29) is 0 Å². The lowest BCUT2D eigenvalue weighted by Gasteiger charge is -2.15. The molecule has 3 nitrogen and oxygen atoms in total. The average molecular weight is 195 g/mol. The number of rotatable bonds is 0. The number of fused-ring (bicyclic) bond motifs is 1. The molecule has 13 heavy (non-hydrogen) atoms. The van der Waals surface area contributed by atoms with Crippen molar-refractivity contribution in [3.05, 3.63) is 29.8 Å². The summed E-state index contributed by atoms with van der Waals surface area (Å²) >= 11 is 0. The summed E-state index contributed by atoms with van der Waals surface area (Å²) in [5.41, 5.74) is 1.45. The topological polar surface area (TPSA) is 49.7 Å². The standard InChI is InChI=1S/C9H9NO2S/c11-10-8-5-6-13(12)9-4-2-1-3-7(8)9/h1-4,11H,5-6H2. The molecule has 0 amide bonds. The SMILES string of the molecule is O=S1CCC(=NO)c2ccccc21. The minimum Gasteiger partial charge on any atom is -0.411 e. The summed E-state index contributed by atoms with van der Waals surface area (Å²) in [6.07, 6.45) is 0.583. The quantitative estimate of drug-likeness (QED) is 0.502. The molecule has 1 aliphatic rings. The van der Waals surface area contributed by atoms with Gasteiger partial charge in [-0.1, -0.05) is 23.4 Å². The number of hydrogen-bond donors (Lipinski definition) is 1. The van der Waals surface area contributed by atoms with Crippen LogP contribution in [0.3, 0.4) is 0 Å². The second-order valence-electron chi connectivity index (χ2n) is 2.84. The minimum absolute atomic E-state index is 0.552. The van der Waals surface area contributed by atoms with Crippen LogP contribution in [0.1, 0.15) is 12.0 Å². The van der Waals surface area contributed by atoms with Crippen LogP contribution in [-0.2, 0) is 10.8 Å². The molecule has 0 spiro atoms. The summed E-state index contributed by atoms with van der Waals surface area (Å²) in [5.74, 6) is 0.552. The molecule has 0 saturated heterocycles. The monoisotopic (exact) mass is 195 g/mol. The fourth-order valence-electron chi connectivity index (χ4n) is 1.44. The lowest BCUT2D eigenvalue weighted by atomic mass is 10.1. The molecule has 1 N–H and O–H groups in total. The summed E-state index contributed by atoms with van der Waals surface area (Å²) in [7, 11) is -0.929. The lowest BCUT2D eigenvalue weighted by molar-refractivity contribution is 0.318. The maximum atomic E-state index is 11.5. The van der Waals surface area contributed by atoms with Crippen molar-refractivity contribution >= 4 is 16.5 Å². The highest BCUT2D eigenvalue weighted by molar-refractivity contribution is 7.85. The predicted octanol–water partition coefficient (Wildman–Crippen LogP) is 1.38. The van der Waals surface area contributed by atoms with Crippen LogP contribution in [0.2, 0.25) is 0 Å². The lowest BCUT2D eigenvalue weighted by Crippen LogP contribution is -2.17. The van der Waals surface area contributed by atoms with Gasteiger partial charge in [-0.25, -0.2) is 0 Å². The van der Waals surface area contributed by atoms with Crippen molar-refractivity contribution in [1.29, 1.82) is 0 Å². The van der Waals surface area contributed by atoms with Gasteiger partial charge in [-0.05, 0) is 6.07 Å². The van der Waals surface area contributed by atoms with Gasteiger partial charge in [0.1, 0.15) is 0 Å². The largest absolute Gasteiger partial charge is 0.411 e. The van der Waals surface area contributed by atoms with Crippen LogP contribution < -0.4 is 0 Å². The summed E-state index contributed by atoms with van der Waals surface area (Å²) in [5, 5.41) is 11.9. The highest BCUT2D eigenvalue weighted by Crippen LogP contribution is 2.21. The molecule has 0 radical (unpaired) electrons. The minimum atomic E-state index is -0.929. The Bertz CT molecular complexity index is 387. The van der Waals surface area contributed by atoms with Crippen molar-refractivity contribution in [2.45, 2.75) is 11.3 Å². The van der Waals surface area contributed by atoms with Crippen molar-refractivity contribution < 1.29 is 9.42 Å². The van der Waals surface area contributed by atoms with Gasteiger partial charge in [0.25, 0.3) is 0 Å². The molecule has 0 saturated carbocycles. The Balaban J connectivity index is 2.61. The summed E-state index contributed by atoms with van der Waals surface area (Å²) < 4.78 is 11.5. The third kappa shape index (κ3) is 1.37. The second-order valence-corrected chi connectivity index (χ2v) is 4.38. The fraction of sp³-hybridized carbons (Fsp3) is 0.222. The van der Waals surface area contributed by atoms with E-state index in [2.05, 4.69) is 5.16 Å². The van der Waals surface area contributed by atoms with E-state index in [0.717, 1.165) is 10.5 Å². The van der Waals surface area contributed by atoms with Gasteiger partial charge in [0.05, 0.1) is 16.5 Å². The van der Waals surface area contributed by atoms with Crippen molar-refractivity contribution in [3.63, 3.8) is 0 Å². The Morgan fingerprint density at radius 2 is 2.15 bits per heavy atom. The molecule has 0 fully saturated rings. The van der Waals surface area contributed by atoms with Crippen LogP contribution in [0.4, 0.5) is 0 Å². The Morgan fingerprint density at radius 3 is 2.92 bits per heavy atom. The molecule has 1 aliphatic heterocycles. The van der Waals surface area contributed by atoms with Crippen LogP contribution in [0.5, 0.6) is 0 Å². The van der Waals surface area contributed by atoms with Crippen molar-refractivity contribution in [3.8, 4) is 0 Å². The van der Waals surface area contributed by atoms with Gasteiger partial charge in [-0.2, -0.15) is 0 Å². The summed E-state index contributed by atoms with van der Waals surface area (Å²) in [4.78, 5) is 0.779. The second kappa shape index (κ2) is 3.30. The Hall–Kier alpha value is -1.16. The first-order valence-corrected chi connectivity index (χ1v) is 5.33. The molecule has 4 heteroatoms. The van der Waals surface area contributed by atoms with E-state index in [1.165, 1.54) is 0 Å². The molecular weight excluding hydrogens is 186 g/mol. The molecule has 1 aromatic carbocycles. The third-order valence-electron chi connectivity index (χ3n) is 2.09. The molecule has 1 aromatic rings. The van der Waals surface area contributed by atoms with Crippen molar-refractivity contribution in [2.24, 2.45) is 5.16 Å². The summed E-state index contributed by atoms with van der Waals surface area (Å²) in [6, 6.07) is 7.35. The zero-order valence-electron chi connectivity index (χ0n) is 6.93. The molecule has 68 valence electrons. The zero-order valence-corrected chi connectivity index (χ0v) is 7.75. The molecule has 1 atom stereocenters. The summed E-state index contributed by atoms with van der Waals surface area (Å²) in [6.45, 7) is 0. The molecule has 0 aliphatic carbocycles. The molecule has 2 rings (SSSR count). The maximum absolute atomic E-state index is 11.5. The molecule has 0 bridgehead atoms. The van der Waals surface area contributed by atoms with E-state index in [1.54, 1.807) is 0 Å². The first kappa shape index (κ1) is 8.44. The van der Waals surface area contributed by atoms with Crippen LogP contribution in [-0.4, -0.2) is 20.9 Å². The van der Waals surface area contributed by atoms with Crippen molar-refractivity contribution in [2.75, 3.05) is 5.75 Å². The number of nitrogens with zero attached hydrogens (tertiary/aromatic N) is 1.